The van der Waals surface area contributed by atoms with E-state index >= 15 is 0 Å². The Morgan fingerprint density at radius 3 is 2.29 bits per heavy atom. The first-order valence-electron chi connectivity index (χ1n) is 16.3. The second kappa shape index (κ2) is 11.6. The highest BCUT2D eigenvalue weighted by Gasteiger charge is 2.17. The maximum Gasteiger partial charge on any atom is 0.157 e. The molecular formula is C43H31N3O2. The van der Waals surface area contributed by atoms with E-state index in [1.165, 1.54) is 11.1 Å². The van der Waals surface area contributed by atoms with Gasteiger partial charge in [0.2, 0.25) is 0 Å². The van der Waals surface area contributed by atoms with Gasteiger partial charge in [-0.3, -0.25) is 4.99 Å². The number of amidine groups is 2. The van der Waals surface area contributed by atoms with Crippen LogP contribution in [0.5, 0.6) is 0 Å². The van der Waals surface area contributed by atoms with Gasteiger partial charge in [-0.2, -0.15) is 0 Å². The molecule has 0 unspecified atom stereocenters. The average molecular weight is 622 g/mol. The standard InChI is InChI=1S/C43H31N3O2/c44-42(30-19-22-38-36(24-30)40-32(16-9-17-39(40)47-38)28-12-5-2-6-13-28)46-43(45-26-27-10-3-1-4-11-27)31-20-23-37-35(25-31)34-21-18-29-14-7-8-15-33(29)41(34)48-37/h1-6,8-13,15-25H,7,14,26H2,(H2,44,45,46). The molecule has 0 aliphatic heterocycles. The van der Waals surface area contributed by atoms with E-state index in [-0.39, 0.29) is 0 Å². The van der Waals surface area contributed by atoms with Crippen LogP contribution in [0.25, 0.3) is 61.1 Å². The first kappa shape index (κ1) is 28.1. The summed E-state index contributed by atoms with van der Waals surface area (Å²) >= 11 is 0. The number of hydrogen-bond donors (Lipinski definition) is 1. The van der Waals surface area contributed by atoms with Crippen LogP contribution in [-0.2, 0) is 13.0 Å². The maximum absolute atomic E-state index is 6.83. The van der Waals surface area contributed by atoms with E-state index in [0.717, 1.165) is 84.5 Å². The van der Waals surface area contributed by atoms with Gasteiger partial charge in [-0.15, -0.1) is 0 Å². The molecule has 8 aromatic rings. The van der Waals surface area contributed by atoms with Crippen molar-refractivity contribution >= 4 is 61.6 Å². The van der Waals surface area contributed by atoms with E-state index in [1.807, 2.05) is 60.7 Å². The Morgan fingerprint density at radius 2 is 1.44 bits per heavy atom. The summed E-state index contributed by atoms with van der Waals surface area (Å²) in [4.78, 5) is 10.0. The van der Waals surface area contributed by atoms with Crippen molar-refractivity contribution in [3.05, 3.63) is 161 Å². The summed E-state index contributed by atoms with van der Waals surface area (Å²) < 4.78 is 12.7. The summed E-state index contributed by atoms with van der Waals surface area (Å²) in [5, 5.41) is 4.17. The average Bonchev–Trinajstić information content (AvgIpc) is 3.72. The number of fused-ring (bicyclic) bond motifs is 8. The Bertz CT molecular complexity index is 2590. The third-order valence-corrected chi connectivity index (χ3v) is 9.25. The van der Waals surface area contributed by atoms with Crippen molar-refractivity contribution < 1.29 is 8.83 Å². The molecular weight excluding hydrogens is 590 g/mol. The summed E-state index contributed by atoms with van der Waals surface area (Å²) in [7, 11) is 0. The lowest BCUT2D eigenvalue weighted by Gasteiger charge is -2.09. The summed E-state index contributed by atoms with van der Waals surface area (Å²) in [6.45, 7) is 0.473. The Morgan fingerprint density at radius 1 is 0.667 bits per heavy atom. The predicted octanol–water partition coefficient (Wildman–Crippen LogP) is 10.5. The highest BCUT2D eigenvalue weighted by atomic mass is 16.3. The smallest absolute Gasteiger partial charge is 0.157 e. The number of aryl methyl sites for hydroxylation is 1. The Hall–Kier alpha value is -6.20. The summed E-state index contributed by atoms with van der Waals surface area (Å²) in [6.07, 6.45) is 6.49. The van der Waals surface area contributed by atoms with Crippen LogP contribution in [0.3, 0.4) is 0 Å². The fourth-order valence-corrected chi connectivity index (χ4v) is 6.85. The van der Waals surface area contributed by atoms with Crippen molar-refractivity contribution in [2.24, 2.45) is 15.7 Å². The SMILES string of the molecule is N/C(=N\C(=N/Cc1ccccc1)c1ccc2oc3c4c(ccc3c2c1)CCC=C4)c1ccc2oc3cccc(-c4ccccc4)c3c2c1. The van der Waals surface area contributed by atoms with Crippen molar-refractivity contribution in [1.29, 1.82) is 0 Å². The molecule has 0 saturated heterocycles. The van der Waals surface area contributed by atoms with Gasteiger partial charge in [0, 0.05) is 38.2 Å². The lowest BCUT2D eigenvalue weighted by atomic mass is 9.95. The molecule has 2 N–H and O–H groups in total. The van der Waals surface area contributed by atoms with Gasteiger partial charge in [0.25, 0.3) is 0 Å². The fourth-order valence-electron chi connectivity index (χ4n) is 6.85. The molecule has 6 aromatic carbocycles. The molecule has 0 spiro atoms. The number of nitrogens with zero attached hydrogens (tertiary/aromatic N) is 2. The van der Waals surface area contributed by atoms with Gasteiger partial charge in [0.05, 0.1) is 6.54 Å². The molecule has 0 amide bonds. The summed E-state index contributed by atoms with van der Waals surface area (Å²) in [5.74, 6) is 0.944. The van der Waals surface area contributed by atoms with E-state index in [2.05, 4.69) is 78.9 Å². The summed E-state index contributed by atoms with van der Waals surface area (Å²) in [5.41, 5.74) is 17.7. The Kier molecular flexibility index (Phi) is 6.75. The molecule has 230 valence electrons. The molecule has 1 aliphatic carbocycles. The largest absolute Gasteiger partial charge is 0.456 e. The highest BCUT2D eigenvalue weighted by Crippen LogP contribution is 2.38. The zero-order chi connectivity index (χ0) is 32.0. The van der Waals surface area contributed by atoms with E-state index < -0.39 is 0 Å². The van der Waals surface area contributed by atoms with Crippen LogP contribution in [0.1, 0.15) is 34.2 Å². The van der Waals surface area contributed by atoms with Crippen molar-refractivity contribution in [1.82, 2.24) is 0 Å². The van der Waals surface area contributed by atoms with Crippen LogP contribution in [0.4, 0.5) is 0 Å². The van der Waals surface area contributed by atoms with Gasteiger partial charge in [-0.05, 0) is 77.6 Å². The maximum atomic E-state index is 6.83. The van der Waals surface area contributed by atoms with E-state index in [4.69, 9.17) is 24.6 Å². The minimum atomic E-state index is 0.381. The molecule has 2 aromatic heterocycles. The molecule has 0 bridgehead atoms. The molecule has 9 rings (SSSR count). The van der Waals surface area contributed by atoms with Crippen LogP contribution < -0.4 is 5.73 Å². The van der Waals surface area contributed by atoms with Crippen molar-refractivity contribution in [2.45, 2.75) is 19.4 Å². The molecule has 5 nitrogen and oxygen atoms in total. The minimum absolute atomic E-state index is 0.381. The Balaban J connectivity index is 1.17. The number of nitrogens with two attached hydrogens (primary N) is 1. The van der Waals surface area contributed by atoms with Crippen molar-refractivity contribution in [3.8, 4) is 11.1 Å². The first-order valence-corrected chi connectivity index (χ1v) is 16.3. The number of allylic oxidation sites excluding steroid dienone is 1. The zero-order valence-corrected chi connectivity index (χ0v) is 26.2. The van der Waals surface area contributed by atoms with Crippen LogP contribution in [0.15, 0.2) is 152 Å². The molecule has 0 saturated carbocycles. The van der Waals surface area contributed by atoms with Gasteiger partial charge < -0.3 is 14.6 Å². The van der Waals surface area contributed by atoms with E-state index in [9.17, 15) is 0 Å². The van der Waals surface area contributed by atoms with Gasteiger partial charge >= 0.3 is 0 Å². The monoisotopic (exact) mass is 621 g/mol. The molecule has 2 heterocycles. The van der Waals surface area contributed by atoms with E-state index in [1.54, 1.807) is 0 Å². The number of rotatable bonds is 5. The molecule has 5 heteroatoms. The van der Waals surface area contributed by atoms with Gasteiger partial charge in [-0.1, -0.05) is 97.1 Å². The van der Waals surface area contributed by atoms with Gasteiger partial charge in [0.15, 0.2) is 5.84 Å². The van der Waals surface area contributed by atoms with Gasteiger partial charge in [0.1, 0.15) is 28.2 Å². The molecule has 48 heavy (non-hydrogen) atoms. The number of benzene rings is 6. The molecule has 0 atom stereocenters. The second-order valence-electron chi connectivity index (χ2n) is 12.2. The second-order valence-corrected chi connectivity index (χ2v) is 12.2. The predicted molar refractivity (Wildman–Crippen MR) is 198 cm³/mol. The first-order chi connectivity index (χ1) is 23.7. The molecule has 0 radical (unpaired) electrons. The fraction of sp³-hybridized carbons (Fsp3) is 0.0698. The van der Waals surface area contributed by atoms with Gasteiger partial charge in [-0.25, -0.2) is 4.99 Å². The normalized spacial score (nSPS) is 13.6. The molecule has 1 aliphatic rings. The van der Waals surface area contributed by atoms with E-state index in [0.29, 0.717) is 18.2 Å². The van der Waals surface area contributed by atoms with Crippen molar-refractivity contribution in [2.75, 3.05) is 0 Å². The minimum Gasteiger partial charge on any atom is -0.456 e. The number of furan rings is 2. The lowest BCUT2D eigenvalue weighted by molar-refractivity contribution is 0.666. The highest BCUT2D eigenvalue weighted by molar-refractivity contribution is 6.17. The zero-order valence-electron chi connectivity index (χ0n) is 26.2. The Labute approximate surface area is 277 Å². The summed E-state index contributed by atoms with van der Waals surface area (Å²) in [6, 6.07) is 43.3. The van der Waals surface area contributed by atoms with Crippen LogP contribution in [-0.4, -0.2) is 11.7 Å². The number of aliphatic imine (C=N–C) groups is 2. The third-order valence-electron chi connectivity index (χ3n) is 9.25. The van der Waals surface area contributed by atoms with Crippen LogP contribution in [0, 0.1) is 0 Å². The van der Waals surface area contributed by atoms with Crippen LogP contribution in [0.2, 0.25) is 0 Å². The lowest BCUT2D eigenvalue weighted by Crippen LogP contribution is -2.16. The third kappa shape index (κ3) is 4.88. The topological polar surface area (TPSA) is 77.0 Å². The van der Waals surface area contributed by atoms with Crippen molar-refractivity contribution in [3.63, 3.8) is 0 Å². The number of hydrogen-bond acceptors (Lipinski definition) is 3. The quantitative estimate of drug-likeness (QED) is 0.153. The molecule has 0 fully saturated rings. The van der Waals surface area contributed by atoms with Crippen LogP contribution >= 0.6 is 0 Å².